The first kappa shape index (κ1) is 19.0. The second kappa shape index (κ2) is 8.75. The molecule has 3 aliphatic rings. The summed E-state index contributed by atoms with van der Waals surface area (Å²) in [6.45, 7) is 2.29. The molecule has 2 fully saturated rings. The molecular weight excluding hydrogens is 304 g/mol. The molecule has 4 N–H and O–H groups in total. The van der Waals surface area contributed by atoms with Crippen molar-refractivity contribution in [3.8, 4) is 0 Å². The van der Waals surface area contributed by atoms with E-state index in [1.165, 1.54) is 101 Å². The van der Waals surface area contributed by atoms with E-state index in [1.54, 1.807) is 0 Å². The highest BCUT2D eigenvalue weighted by atomic mass is 14.7. The van der Waals surface area contributed by atoms with Crippen molar-refractivity contribution in [1.29, 1.82) is 0 Å². The van der Waals surface area contributed by atoms with Crippen molar-refractivity contribution in [1.82, 2.24) is 0 Å². The molecule has 0 spiro atoms. The lowest BCUT2D eigenvalue weighted by Gasteiger charge is -2.43. The first-order chi connectivity index (χ1) is 12.2. The summed E-state index contributed by atoms with van der Waals surface area (Å²) in [5.41, 5.74) is 16.3. The lowest BCUT2D eigenvalue weighted by Crippen LogP contribution is -2.42. The highest BCUT2D eigenvalue weighted by molar-refractivity contribution is 5.39. The van der Waals surface area contributed by atoms with Gasteiger partial charge >= 0.3 is 0 Å². The number of hydrogen-bond acceptors (Lipinski definition) is 2. The molecule has 0 aliphatic heterocycles. The topological polar surface area (TPSA) is 52.0 Å². The Balaban J connectivity index is 1.82. The second-order valence-corrected chi connectivity index (χ2v) is 8.92. The maximum Gasteiger partial charge on any atom is 0.0463 e. The zero-order chi connectivity index (χ0) is 17.7. The van der Waals surface area contributed by atoms with Gasteiger partial charge in [0, 0.05) is 17.2 Å². The number of rotatable bonds is 8. The molecule has 3 aliphatic carbocycles. The van der Waals surface area contributed by atoms with Gasteiger partial charge in [-0.15, -0.1) is 0 Å². The van der Waals surface area contributed by atoms with Crippen molar-refractivity contribution in [2.24, 2.45) is 28.7 Å². The summed E-state index contributed by atoms with van der Waals surface area (Å²) in [5.74, 6) is 1.40. The third-order valence-corrected chi connectivity index (χ3v) is 7.35. The van der Waals surface area contributed by atoms with Crippen molar-refractivity contribution >= 4 is 0 Å². The second-order valence-electron chi connectivity index (χ2n) is 8.92. The molecule has 0 heterocycles. The molecule has 0 aromatic rings. The molecule has 0 amide bonds. The SMILES string of the molecule is CCCCCCCC1(C2CCCC2)C=CC(N)C(C2CCCC2)=C1N. The predicted octanol–water partition coefficient (Wildman–Crippen LogP) is 5.82. The van der Waals surface area contributed by atoms with Crippen LogP contribution >= 0.6 is 0 Å². The third kappa shape index (κ3) is 3.99. The van der Waals surface area contributed by atoms with Crippen molar-refractivity contribution in [3.63, 3.8) is 0 Å². The lowest BCUT2D eigenvalue weighted by atomic mass is 9.63. The Kier molecular flexibility index (Phi) is 6.66. The summed E-state index contributed by atoms with van der Waals surface area (Å²) in [4.78, 5) is 0. The molecule has 2 heteroatoms. The minimum Gasteiger partial charge on any atom is -0.401 e. The van der Waals surface area contributed by atoms with E-state index in [9.17, 15) is 0 Å². The van der Waals surface area contributed by atoms with Gasteiger partial charge in [-0.05, 0) is 49.5 Å². The average molecular weight is 345 g/mol. The Hall–Kier alpha value is -0.760. The van der Waals surface area contributed by atoms with Gasteiger partial charge in [0.05, 0.1) is 0 Å². The fraction of sp³-hybridized carbons (Fsp3) is 0.826. The van der Waals surface area contributed by atoms with Gasteiger partial charge in [-0.2, -0.15) is 0 Å². The van der Waals surface area contributed by atoms with Crippen LogP contribution in [0.4, 0.5) is 0 Å². The van der Waals surface area contributed by atoms with E-state index in [2.05, 4.69) is 19.1 Å². The minimum atomic E-state index is 0.0673. The van der Waals surface area contributed by atoms with E-state index in [-0.39, 0.29) is 11.5 Å². The highest BCUT2D eigenvalue weighted by Crippen LogP contribution is 2.52. The monoisotopic (exact) mass is 344 g/mol. The summed E-state index contributed by atoms with van der Waals surface area (Å²) < 4.78 is 0. The zero-order valence-corrected chi connectivity index (χ0v) is 16.4. The summed E-state index contributed by atoms with van der Waals surface area (Å²) in [6, 6.07) is 0.0673. The Labute approximate surface area is 155 Å². The molecule has 2 unspecified atom stereocenters. The van der Waals surface area contributed by atoms with Gasteiger partial charge in [0.15, 0.2) is 0 Å². The van der Waals surface area contributed by atoms with Crippen molar-refractivity contribution in [2.45, 2.75) is 103 Å². The van der Waals surface area contributed by atoms with Crippen LogP contribution in [0.25, 0.3) is 0 Å². The van der Waals surface area contributed by atoms with E-state index in [0.29, 0.717) is 5.92 Å². The van der Waals surface area contributed by atoms with Crippen molar-refractivity contribution < 1.29 is 0 Å². The fourth-order valence-electron chi connectivity index (χ4n) is 5.89. The van der Waals surface area contributed by atoms with Gasteiger partial charge < -0.3 is 11.5 Å². The van der Waals surface area contributed by atoms with Crippen LogP contribution in [-0.4, -0.2) is 6.04 Å². The first-order valence-electron chi connectivity index (χ1n) is 11.1. The summed E-state index contributed by atoms with van der Waals surface area (Å²) in [7, 11) is 0. The molecule has 0 saturated heterocycles. The zero-order valence-electron chi connectivity index (χ0n) is 16.4. The normalized spacial score (nSPS) is 31.4. The quantitative estimate of drug-likeness (QED) is 0.430. The Morgan fingerprint density at radius 1 is 0.960 bits per heavy atom. The van der Waals surface area contributed by atoms with E-state index in [4.69, 9.17) is 11.5 Å². The van der Waals surface area contributed by atoms with Crippen LogP contribution in [0.2, 0.25) is 0 Å². The van der Waals surface area contributed by atoms with Gasteiger partial charge in [0.25, 0.3) is 0 Å². The van der Waals surface area contributed by atoms with Gasteiger partial charge in [0.1, 0.15) is 0 Å². The van der Waals surface area contributed by atoms with E-state index in [1.807, 2.05) is 0 Å². The molecule has 0 aromatic heterocycles. The standard InChI is InChI=1S/C23H40N2/c1-2-3-4-5-10-16-23(19-13-8-9-14-19)17-15-20(24)21(22(23)25)18-11-6-7-12-18/h15,17-20H,2-14,16,24-25H2,1H3. The average Bonchev–Trinajstić information content (AvgIpc) is 3.31. The maximum absolute atomic E-state index is 7.00. The van der Waals surface area contributed by atoms with Crippen LogP contribution in [0.15, 0.2) is 23.4 Å². The van der Waals surface area contributed by atoms with Crippen LogP contribution in [0, 0.1) is 17.3 Å². The van der Waals surface area contributed by atoms with Gasteiger partial charge in [-0.3, -0.25) is 0 Å². The first-order valence-corrected chi connectivity index (χ1v) is 11.1. The molecule has 142 valence electrons. The summed E-state index contributed by atoms with van der Waals surface area (Å²) >= 11 is 0. The number of allylic oxidation sites excluding steroid dienone is 1. The molecule has 0 aromatic carbocycles. The van der Waals surface area contributed by atoms with Crippen LogP contribution in [0.1, 0.15) is 96.8 Å². The Morgan fingerprint density at radius 2 is 1.60 bits per heavy atom. The number of nitrogens with two attached hydrogens (primary N) is 2. The number of hydrogen-bond donors (Lipinski definition) is 2. The van der Waals surface area contributed by atoms with E-state index >= 15 is 0 Å². The molecule has 2 nitrogen and oxygen atoms in total. The van der Waals surface area contributed by atoms with Gasteiger partial charge in [0.2, 0.25) is 0 Å². The lowest BCUT2D eigenvalue weighted by molar-refractivity contribution is 0.242. The van der Waals surface area contributed by atoms with Crippen molar-refractivity contribution in [2.75, 3.05) is 0 Å². The Bertz CT molecular complexity index is 480. The van der Waals surface area contributed by atoms with Gasteiger partial charge in [-0.1, -0.05) is 76.9 Å². The molecule has 0 bridgehead atoms. The summed E-state index contributed by atoms with van der Waals surface area (Å²) in [6.07, 6.45) is 23.5. The number of unbranched alkanes of at least 4 members (excludes halogenated alkanes) is 4. The molecule has 25 heavy (non-hydrogen) atoms. The molecule has 3 rings (SSSR count). The predicted molar refractivity (Wildman–Crippen MR) is 108 cm³/mol. The maximum atomic E-state index is 7.00. The van der Waals surface area contributed by atoms with Crippen LogP contribution in [0.5, 0.6) is 0 Å². The highest BCUT2D eigenvalue weighted by Gasteiger charge is 2.44. The summed E-state index contributed by atoms with van der Waals surface area (Å²) in [5, 5.41) is 0. The Morgan fingerprint density at radius 3 is 2.28 bits per heavy atom. The van der Waals surface area contributed by atoms with Gasteiger partial charge in [-0.25, -0.2) is 0 Å². The molecule has 0 radical (unpaired) electrons. The largest absolute Gasteiger partial charge is 0.401 e. The smallest absolute Gasteiger partial charge is 0.0463 e. The van der Waals surface area contributed by atoms with Crippen LogP contribution < -0.4 is 11.5 Å². The van der Waals surface area contributed by atoms with Crippen LogP contribution in [0.3, 0.4) is 0 Å². The fourth-order valence-corrected chi connectivity index (χ4v) is 5.89. The van der Waals surface area contributed by atoms with Crippen molar-refractivity contribution in [3.05, 3.63) is 23.4 Å². The molecule has 2 atom stereocenters. The van der Waals surface area contributed by atoms with E-state index in [0.717, 1.165) is 5.92 Å². The third-order valence-electron chi connectivity index (χ3n) is 7.35. The minimum absolute atomic E-state index is 0.0673. The molecular formula is C23H40N2. The van der Waals surface area contributed by atoms with Crippen LogP contribution in [-0.2, 0) is 0 Å². The molecule has 2 saturated carbocycles. The van der Waals surface area contributed by atoms with E-state index < -0.39 is 0 Å².